The molecule has 1 saturated heterocycles. The lowest BCUT2D eigenvalue weighted by atomic mass is 9.98. The summed E-state index contributed by atoms with van der Waals surface area (Å²) in [6, 6.07) is 12.4. The molecule has 0 unspecified atom stereocenters. The van der Waals surface area contributed by atoms with Crippen LogP contribution >= 0.6 is 11.6 Å². The molecule has 2 aromatic carbocycles. The molecule has 1 heterocycles. The molecule has 7 nitrogen and oxygen atoms in total. The Kier molecular flexibility index (Phi) is 6.02. The van der Waals surface area contributed by atoms with Gasteiger partial charge in [-0.1, -0.05) is 23.7 Å². The molecular weight excluding hydrogens is 402 g/mol. The third-order valence-electron chi connectivity index (χ3n) is 4.66. The first-order chi connectivity index (χ1) is 13.3. The number of carbonyl (C=O) groups is 2. The molecule has 0 bridgehead atoms. The molecule has 0 saturated carbocycles. The predicted molar refractivity (Wildman–Crippen MR) is 107 cm³/mol. The second-order valence-corrected chi connectivity index (χ2v) is 8.93. The number of nitrogens with one attached hydrogen (secondary N) is 1. The monoisotopic (exact) mass is 421 g/mol. The van der Waals surface area contributed by atoms with Crippen molar-refractivity contribution < 1.29 is 18.0 Å². The summed E-state index contributed by atoms with van der Waals surface area (Å²) in [5.74, 6) is -1.52. The van der Waals surface area contributed by atoms with Crippen molar-refractivity contribution in [3.05, 3.63) is 59.1 Å². The molecule has 3 N–H and O–H groups in total. The summed E-state index contributed by atoms with van der Waals surface area (Å²) in [5, 5.41) is 3.15. The smallest absolute Gasteiger partial charge is 0.250 e. The average Bonchev–Trinajstić information content (AvgIpc) is 2.68. The highest BCUT2D eigenvalue weighted by atomic mass is 35.5. The summed E-state index contributed by atoms with van der Waals surface area (Å²) < 4.78 is 27.0. The van der Waals surface area contributed by atoms with Crippen molar-refractivity contribution in [3.63, 3.8) is 0 Å². The van der Waals surface area contributed by atoms with E-state index in [-0.39, 0.29) is 22.9 Å². The zero-order chi connectivity index (χ0) is 20.3. The number of piperidine rings is 1. The van der Waals surface area contributed by atoms with Gasteiger partial charge in [0.1, 0.15) is 0 Å². The summed E-state index contributed by atoms with van der Waals surface area (Å²) in [5.41, 5.74) is 5.86. The van der Waals surface area contributed by atoms with Gasteiger partial charge in [-0.05, 0) is 49.2 Å². The van der Waals surface area contributed by atoms with Crippen molar-refractivity contribution in [3.8, 4) is 0 Å². The number of rotatable bonds is 5. The molecule has 0 aromatic heterocycles. The molecule has 1 aliphatic heterocycles. The molecule has 0 aliphatic carbocycles. The van der Waals surface area contributed by atoms with E-state index in [9.17, 15) is 18.0 Å². The van der Waals surface area contributed by atoms with E-state index >= 15 is 0 Å². The summed E-state index contributed by atoms with van der Waals surface area (Å²) in [6.45, 7) is 0.405. The fourth-order valence-corrected chi connectivity index (χ4v) is 4.82. The number of para-hydroxylation sites is 1. The molecule has 1 atom stereocenters. The Bertz CT molecular complexity index is 992. The van der Waals surface area contributed by atoms with Gasteiger partial charge < -0.3 is 11.1 Å². The lowest BCUT2D eigenvalue weighted by molar-refractivity contribution is -0.120. The van der Waals surface area contributed by atoms with E-state index in [4.69, 9.17) is 17.3 Å². The van der Waals surface area contributed by atoms with Gasteiger partial charge in [0.15, 0.2) is 0 Å². The van der Waals surface area contributed by atoms with Gasteiger partial charge in [-0.2, -0.15) is 4.31 Å². The molecule has 2 amide bonds. The van der Waals surface area contributed by atoms with Crippen LogP contribution in [0, 0.1) is 5.92 Å². The van der Waals surface area contributed by atoms with Crippen LogP contribution < -0.4 is 11.1 Å². The molecule has 2 aromatic rings. The largest absolute Gasteiger partial charge is 0.366 e. The van der Waals surface area contributed by atoms with Gasteiger partial charge in [0, 0.05) is 18.1 Å². The van der Waals surface area contributed by atoms with Crippen LogP contribution in [0.3, 0.4) is 0 Å². The van der Waals surface area contributed by atoms with Gasteiger partial charge in [0.2, 0.25) is 15.9 Å². The number of anilines is 1. The van der Waals surface area contributed by atoms with Gasteiger partial charge in [0.25, 0.3) is 5.91 Å². The lowest BCUT2D eigenvalue weighted by Gasteiger charge is -2.31. The fraction of sp³-hybridized carbons (Fsp3) is 0.263. The van der Waals surface area contributed by atoms with Crippen LogP contribution in [0.25, 0.3) is 0 Å². The number of nitrogens with zero attached hydrogens (tertiary/aromatic N) is 1. The number of sulfonamides is 1. The standard InChI is InChI=1S/C19H20ClN3O4S/c20-14-7-9-15(10-8-14)28(26,27)23-11-3-4-13(12-23)19(25)22-17-6-2-1-5-16(17)18(21)24/h1-2,5-10,13H,3-4,11-12H2,(H2,21,24)(H,22,25)/t13-/m0/s1. The lowest BCUT2D eigenvalue weighted by Crippen LogP contribution is -2.43. The maximum Gasteiger partial charge on any atom is 0.250 e. The van der Waals surface area contributed by atoms with Crippen LogP contribution in [-0.4, -0.2) is 37.6 Å². The van der Waals surface area contributed by atoms with Gasteiger partial charge >= 0.3 is 0 Å². The van der Waals surface area contributed by atoms with Crippen LogP contribution in [-0.2, 0) is 14.8 Å². The second-order valence-electron chi connectivity index (χ2n) is 6.56. The Hall–Kier alpha value is -2.42. The summed E-state index contributed by atoms with van der Waals surface area (Å²) in [7, 11) is -3.72. The normalized spacial score (nSPS) is 17.8. The number of benzene rings is 2. The second kappa shape index (κ2) is 8.30. The molecule has 28 heavy (non-hydrogen) atoms. The summed E-state index contributed by atoms with van der Waals surface area (Å²) in [4.78, 5) is 24.3. The molecule has 148 valence electrons. The van der Waals surface area contributed by atoms with Crippen molar-refractivity contribution >= 4 is 39.1 Å². The number of hydrogen-bond donors (Lipinski definition) is 2. The van der Waals surface area contributed by atoms with Gasteiger partial charge in [-0.3, -0.25) is 9.59 Å². The summed E-state index contributed by atoms with van der Waals surface area (Å²) in [6.07, 6.45) is 1.11. The number of primary amides is 1. The maximum atomic E-state index is 12.9. The Morgan fingerprint density at radius 2 is 1.79 bits per heavy atom. The highest BCUT2D eigenvalue weighted by Gasteiger charge is 2.33. The summed E-state index contributed by atoms with van der Waals surface area (Å²) >= 11 is 5.83. The van der Waals surface area contributed by atoms with E-state index in [0.717, 1.165) is 0 Å². The first-order valence-corrected chi connectivity index (χ1v) is 10.6. The van der Waals surface area contributed by atoms with Crippen molar-refractivity contribution in [1.29, 1.82) is 0 Å². The van der Waals surface area contributed by atoms with Gasteiger partial charge in [0.05, 0.1) is 22.1 Å². The number of halogens is 1. The number of carbonyl (C=O) groups excluding carboxylic acids is 2. The first kappa shape index (κ1) is 20.3. The third-order valence-corrected chi connectivity index (χ3v) is 6.79. The zero-order valence-corrected chi connectivity index (χ0v) is 16.5. The zero-order valence-electron chi connectivity index (χ0n) is 15.0. The molecule has 0 spiro atoms. The van der Waals surface area contributed by atoms with Crippen LogP contribution in [0.5, 0.6) is 0 Å². The van der Waals surface area contributed by atoms with Gasteiger partial charge in [-0.25, -0.2) is 8.42 Å². The highest BCUT2D eigenvalue weighted by Crippen LogP contribution is 2.26. The topological polar surface area (TPSA) is 110 Å². The van der Waals surface area contributed by atoms with Crippen molar-refractivity contribution in [2.24, 2.45) is 11.7 Å². The number of hydrogen-bond acceptors (Lipinski definition) is 4. The van der Waals surface area contributed by atoms with Crippen LogP contribution in [0.2, 0.25) is 5.02 Å². The van der Waals surface area contributed by atoms with Crippen LogP contribution in [0.15, 0.2) is 53.4 Å². The molecular formula is C19H20ClN3O4S. The van der Waals surface area contributed by atoms with Crippen molar-refractivity contribution in [1.82, 2.24) is 4.31 Å². The Morgan fingerprint density at radius 1 is 1.11 bits per heavy atom. The fourth-order valence-electron chi connectivity index (χ4n) is 3.17. The number of amides is 2. The minimum absolute atomic E-state index is 0.0650. The van der Waals surface area contributed by atoms with Crippen molar-refractivity contribution in [2.45, 2.75) is 17.7 Å². The van der Waals surface area contributed by atoms with E-state index in [1.807, 2.05) is 0 Å². The molecule has 3 rings (SSSR count). The molecule has 1 aliphatic rings. The highest BCUT2D eigenvalue weighted by molar-refractivity contribution is 7.89. The minimum Gasteiger partial charge on any atom is -0.366 e. The molecule has 1 fully saturated rings. The Balaban J connectivity index is 1.75. The SMILES string of the molecule is NC(=O)c1ccccc1NC(=O)[C@H]1CCCN(S(=O)(=O)c2ccc(Cl)cc2)C1. The quantitative estimate of drug-likeness (QED) is 0.772. The molecule has 9 heteroatoms. The first-order valence-electron chi connectivity index (χ1n) is 8.74. The Morgan fingerprint density at radius 3 is 2.46 bits per heavy atom. The minimum atomic E-state index is -3.72. The van der Waals surface area contributed by atoms with E-state index in [1.165, 1.54) is 34.6 Å². The maximum absolute atomic E-state index is 12.9. The Labute approximate surface area is 168 Å². The van der Waals surface area contributed by atoms with Crippen molar-refractivity contribution in [2.75, 3.05) is 18.4 Å². The van der Waals surface area contributed by atoms with Gasteiger partial charge in [-0.15, -0.1) is 0 Å². The van der Waals surface area contributed by atoms with Crippen LogP contribution in [0.4, 0.5) is 5.69 Å². The molecule has 0 radical (unpaired) electrons. The third kappa shape index (κ3) is 4.35. The predicted octanol–water partition coefficient (Wildman–Crippen LogP) is 2.48. The van der Waals surface area contributed by atoms with E-state index in [0.29, 0.717) is 30.1 Å². The number of nitrogens with two attached hydrogens (primary N) is 1. The van der Waals surface area contributed by atoms with E-state index < -0.39 is 21.8 Å². The average molecular weight is 422 g/mol. The van der Waals surface area contributed by atoms with Crippen LogP contribution in [0.1, 0.15) is 23.2 Å². The van der Waals surface area contributed by atoms with E-state index in [2.05, 4.69) is 5.32 Å². The van der Waals surface area contributed by atoms with E-state index in [1.54, 1.807) is 18.2 Å².